The molecule has 2 nitrogen and oxygen atoms in total. The van der Waals surface area contributed by atoms with Gasteiger partial charge in [0.2, 0.25) is 0 Å². The largest absolute Gasteiger partial charge is 0.482 e. The predicted octanol–water partition coefficient (Wildman–Crippen LogP) is 1.86. The highest BCUT2D eigenvalue weighted by Gasteiger charge is 2.30. The van der Waals surface area contributed by atoms with Gasteiger partial charge in [0, 0.05) is 5.02 Å². The summed E-state index contributed by atoms with van der Waals surface area (Å²) in [5.41, 5.74) is -0.718. The molecule has 0 saturated heterocycles. The van der Waals surface area contributed by atoms with Crippen molar-refractivity contribution < 1.29 is 23.2 Å². The third-order valence-corrected chi connectivity index (χ3v) is 1.39. The summed E-state index contributed by atoms with van der Waals surface area (Å²) >= 11 is 5.35. The summed E-state index contributed by atoms with van der Waals surface area (Å²) in [6.45, 7) is 0. The molecule has 0 aliphatic rings. The molecule has 1 radical (unpaired) electrons. The summed E-state index contributed by atoms with van der Waals surface area (Å²) in [7, 11) is 0. The molecule has 0 fully saturated rings. The first-order valence-electron chi connectivity index (χ1n) is 3.34. The Morgan fingerprint density at radius 3 is 2.00 bits per heavy atom. The second-order valence-corrected chi connectivity index (χ2v) is 2.56. The standard InChI is InChI=1S/C7H4ClF3.BH2O2/c8-6-3-1-2-5(4-6)7(9,10)11;2-1-3/h1-4H;2-3H. The highest BCUT2D eigenvalue weighted by Crippen LogP contribution is 2.30. The molecule has 0 aliphatic heterocycles. The van der Waals surface area contributed by atoms with E-state index in [9.17, 15) is 13.2 Å². The van der Waals surface area contributed by atoms with Crippen LogP contribution in [0.4, 0.5) is 13.2 Å². The van der Waals surface area contributed by atoms with E-state index in [1.165, 1.54) is 12.1 Å². The second kappa shape index (κ2) is 5.90. The van der Waals surface area contributed by atoms with E-state index in [4.69, 9.17) is 21.6 Å². The van der Waals surface area contributed by atoms with Crippen LogP contribution in [0.15, 0.2) is 24.3 Å². The van der Waals surface area contributed by atoms with Crippen LogP contribution in [0.5, 0.6) is 0 Å². The summed E-state index contributed by atoms with van der Waals surface area (Å²) < 4.78 is 35.7. The fourth-order valence-corrected chi connectivity index (χ4v) is 0.855. The van der Waals surface area contributed by atoms with Gasteiger partial charge in [-0.3, -0.25) is 0 Å². The average Bonchev–Trinajstić information content (AvgIpc) is 2.04. The van der Waals surface area contributed by atoms with Crippen molar-refractivity contribution in [2.24, 2.45) is 0 Å². The summed E-state index contributed by atoms with van der Waals surface area (Å²) in [5.74, 6) is 0. The fourth-order valence-electron chi connectivity index (χ4n) is 0.665. The molecule has 1 rings (SSSR count). The Bertz CT molecular complexity index is 280. The minimum atomic E-state index is -4.30. The van der Waals surface area contributed by atoms with E-state index in [-0.39, 0.29) is 12.7 Å². The van der Waals surface area contributed by atoms with Crippen LogP contribution in [0, 0.1) is 0 Å². The van der Waals surface area contributed by atoms with E-state index < -0.39 is 11.7 Å². The summed E-state index contributed by atoms with van der Waals surface area (Å²) in [5, 5.41) is 14.1. The second-order valence-electron chi connectivity index (χ2n) is 2.12. The molecule has 1 aromatic carbocycles. The van der Waals surface area contributed by atoms with Crippen LogP contribution in [-0.2, 0) is 6.18 Å². The Labute approximate surface area is 84.2 Å². The molecule has 0 heterocycles. The van der Waals surface area contributed by atoms with Gasteiger partial charge in [-0.25, -0.2) is 0 Å². The summed E-state index contributed by atoms with van der Waals surface area (Å²) in [6.07, 6.45) is -4.30. The smallest absolute Gasteiger partial charge is 0.429 e. The van der Waals surface area contributed by atoms with Crippen molar-refractivity contribution in [1.29, 1.82) is 0 Å². The Morgan fingerprint density at radius 1 is 1.21 bits per heavy atom. The molecule has 1 aromatic rings. The lowest BCUT2D eigenvalue weighted by molar-refractivity contribution is -0.137. The minimum absolute atomic E-state index is 0. The topological polar surface area (TPSA) is 40.5 Å². The first-order valence-corrected chi connectivity index (χ1v) is 3.72. The number of benzene rings is 1. The lowest BCUT2D eigenvalue weighted by Crippen LogP contribution is -2.03. The third kappa shape index (κ3) is 5.11. The van der Waals surface area contributed by atoms with Crippen molar-refractivity contribution >= 4 is 19.3 Å². The van der Waals surface area contributed by atoms with Gasteiger partial charge >= 0.3 is 13.9 Å². The number of hydrogen-bond donors (Lipinski definition) is 2. The van der Waals surface area contributed by atoms with Gasteiger partial charge in [-0.15, -0.1) is 0 Å². The highest BCUT2D eigenvalue weighted by atomic mass is 35.5. The lowest BCUT2D eigenvalue weighted by atomic mass is 10.2. The molecule has 77 valence electrons. The van der Waals surface area contributed by atoms with Crippen molar-refractivity contribution in [3.05, 3.63) is 34.9 Å². The molecule has 7 heteroatoms. The maximum atomic E-state index is 11.9. The van der Waals surface area contributed by atoms with Crippen LogP contribution >= 0.6 is 11.6 Å². The molecule has 14 heavy (non-hydrogen) atoms. The quantitative estimate of drug-likeness (QED) is 0.662. The molecule has 0 amide bonds. The van der Waals surface area contributed by atoms with Crippen molar-refractivity contribution in [2.75, 3.05) is 0 Å². The number of alkyl halides is 3. The fraction of sp³-hybridized carbons (Fsp3) is 0.143. The molecular formula is C7H6BClF3O2. The van der Waals surface area contributed by atoms with E-state index in [0.717, 1.165) is 12.1 Å². The van der Waals surface area contributed by atoms with Crippen molar-refractivity contribution in [3.8, 4) is 0 Å². The normalized spacial score (nSPS) is 10.1. The number of halogens is 4. The van der Waals surface area contributed by atoms with Gasteiger partial charge in [0.1, 0.15) is 0 Å². The Hall–Kier alpha value is -0.715. The molecule has 0 atom stereocenters. The van der Waals surface area contributed by atoms with Crippen LogP contribution in [0.3, 0.4) is 0 Å². The van der Waals surface area contributed by atoms with Crippen LogP contribution < -0.4 is 0 Å². The van der Waals surface area contributed by atoms with Gasteiger partial charge in [-0.1, -0.05) is 17.7 Å². The first kappa shape index (κ1) is 13.3. The van der Waals surface area contributed by atoms with Gasteiger partial charge in [-0.05, 0) is 18.2 Å². The molecular weight excluding hydrogens is 219 g/mol. The van der Waals surface area contributed by atoms with Crippen LogP contribution in [0.1, 0.15) is 5.56 Å². The molecule has 2 N–H and O–H groups in total. The van der Waals surface area contributed by atoms with E-state index in [0.29, 0.717) is 0 Å². The number of hydrogen-bond acceptors (Lipinski definition) is 2. The van der Waals surface area contributed by atoms with E-state index in [2.05, 4.69) is 0 Å². The average molecular weight is 225 g/mol. The molecule has 0 aromatic heterocycles. The monoisotopic (exact) mass is 225 g/mol. The van der Waals surface area contributed by atoms with E-state index in [1.54, 1.807) is 0 Å². The Kier molecular flexibility index (Phi) is 5.60. The van der Waals surface area contributed by atoms with Gasteiger partial charge in [0.25, 0.3) is 0 Å². The van der Waals surface area contributed by atoms with Gasteiger partial charge in [-0.2, -0.15) is 13.2 Å². The molecule has 0 spiro atoms. The van der Waals surface area contributed by atoms with Crippen molar-refractivity contribution in [2.45, 2.75) is 6.18 Å². The van der Waals surface area contributed by atoms with Crippen LogP contribution in [0.25, 0.3) is 0 Å². The van der Waals surface area contributed by atoms with Crippen molar-refractivity contribution in [1.82, 2.24) is 0 Å². The zero-order chi connectivity index (χ0) is 11.2. The van der Waals surface area contributed by atoms with Gasteiger partial charge in [0.15, 0.2) is 0 Å². The molecule has 0 saturated carbocycles. The Morgan fingerprint density at radius 2 is 1.71 bits per heavy atom. The minimum Gasteiger partial charge on any atom is -0.429 e. The van der Waals surface area contributed by atoms with Crippen LogP contribution in [-0.4, -0.2) is 17.7 Å². The van der Waals surface area contributed by atoms with E-state index in [1.807, 2.05) is 0 Å². The first-order chi connectivity index (χ1) is 6.41. The van der Waals surface area contributed by atoms with Crippen molar-refractivity contribution in [3.63, 3.8) is 0 Å². The summed E-state index contributed by atoms with van der Waals surface area (Å²) in [6, 6.07) is 4.54. The van der Waals surface area contributed by atoms with Gasteiger partial charge < -0.3 is 10.0 Å². The highest BCUT2D eigenvalue weighted by molar-refractivity contribution is 6.30. The van der Waals surface area contributed by atoms with E-state index >= 15 is 0 Å². The lowest BCUT2D eigenvalue weighted by Gasteiger charge is -2.05. The maximum Gasteiger partial charge on any atom is 0.482 e. The van der Waals surface area contributed by atoms with Crippen LogP contribution in [0.2, 0.25) is 5.02 Å². The molecule has 0 aliphatic carbocycles. The third-order valence-electron chi connectivity index (χ3n) is 1.15. The maximum absolute atomic E-state index is 11.9. The SMILES string of the molecule is FC(F)(F)c1cccc(Cl)c1.O[B]O. The number of rotatable bonds is 0. The summed E-state index contributed by atoms with van der Waals surface area (Å²) in [4.78, 5) is 0. The zero-order valence-corrected chi connectivity index (χ0v) is 7.55. The zero-order valence-electron chi connectivity index (χ0n) is 6.79. The molecule has 0 unspecified atom stereocenters. The Balaban J connectivity index is 0.000000500. The predicted molar refractivity (Wildman–Crippen MR) is 46.6 cm³/mol. The van der Waals surface area contributed by atoms with Gasteiger partial charge in [0.05, 0.1) is 5.56 Å². The molecule has 0 bridgehead atoms.